The fraction of sp³-hybridized carbons (Fsp3) is 0.0667. The number of hydrogen-bond acceptors (Lipinski definition) is 3. The molecule has 0 aliphatic heterocycles. The average molecular weight is 332 g/mol. The molecule has 1 amide bonds. The van der Waals surface area contributed by atoms with Crippen LogP contribution in [-0.2, 0) is 0 Å². The number of anilines is 1. The first-order chi connectivity index (χ1) is 9.58. The normalized spacial score (nSPS) is 11.2. The molecular formula is C15H14BrN3O. The smallest absolute Gasteiger partial charge is 0.272 e. The first-order valence-electron chi connectivity index (χ1n) is 6.03. The highest BCUT2D eigenvalue weighted by atomic mass is 79.9. The number of carbonyl (C=O) groups is 1. The van der Waals surface area contributed by atoms with Gasteiger partial charge in [0.1, 0.15) is 0 Å². The molecule has 0 heterocycles. The molecule has 0 bridgehead atoms. The lowest BCUT2D eigenvalue weighted by Gasteiger charge is -2.04. The van der Waals surface area contributed by atoms with Crippen molar-refractivity contribution < 1.29 is 4.79 Å². The Morgan fingerprint density at radius 2 is 1.80 bits per heavy atom. The second-order valence-corrected chi connectivity index (χ2v) is 5.09. The number of nitrogens with two attached hydrogens (primary N) is 1. The fourth-order valence-electron chi connectivity index (χ4n) is 1.63. The van der Waals surface area contributed by atoms with Crippen LogP contribution in [0.3, 0.4) is 0 Å². The summed E-state index contributed by atoms with van der Waals surface area (Å²) in [6.07, 6.45) is 0. The third-order valence-corrected chi connectivity index (χ3v) is 3.46. The monoisotopic (exact) mass is 331 g/mol. The number of nitrogens with zero attached hydrogens (tertiary/aromatic N) is 1. The lowest BCUT2D eigenvalue weighted by Crippen LogP contribution is -2.19. The molecule has 2 rings (SSSR count). The maximum atomic E-state index is 12.0. The summed E-state index contributed by atoms with van der Waals surface area (Å²) >= 11 is 3.33. The second kappa shape index (κ2) is 6.34. The number of carbonyl (C=O) groups excluding carboxylic acids is 1. The highest BCUT2D eigenvalue weighted by Gasteiger charge is 2.08. The molecule has 0 unspecified atom stereocenters. The van der Waals surface area contributed by atoms with Gasteiger partial charge in [0, 0.05) is 10.2 Å². The molecule has 2 aromatic carbocycles. The van der Waals surface area contributed by atoms with Gasteiger partial charge in [-0.2, -0.15) is 5.10 Å². The van der Waals surface area contributed by atoms with Gasteiger partial charge in [-0.3, -0.25) is 4.79 Å². The van der Waals surface area contributed by atoms with Crippen molar-refractivity contribution >= 4 is 33.2 Å². The van der Waals surface area contributed by atoms with Crippen molar-refractivity contribution in [3.63, 3.8) is 0 Å². The summed E-state index contributed by atoms with van der Waals surface area (Å²) in [5, 5.41) is 4.10. The Bertz CT molecular complexity index is 650. The van der Waals surface area contributed by atoms with Crippen LogP contribution in [0, 0.1) is 0 Å². The molecule has 20 heavy (non-hydrogen) atoms. The van der Waals surface area contributed by atoms with Crippen molar-refractivity contribution in [1.29, 1.82) is 0 Å². The zero-order valence-corrected chi connectivity index (χ0v) is 12.5. The largest absolute Gasteiger partial charge is 0.399 e. The maximum absolute atomic E-state index is 12.0. The Kier molecular flexibility index (Phi) is 4.53. The van der Waals surface area contributed by atoms with E-state index in [1.54, 1.807) is 24.3 Å². The minimum atomic E-state index is -0.257. The first kappa shape index (κ1) is 14.3. The van der Waals surface area contributed by atoms with Crippen molar-refractivity contribution in [3.05, 3.63) is 64.1 Å². The van der Waals surface area contributed by atoms with Crippen LogP contribution in [0.4, 0.5) is 5.69 Å². The SMILES string of the molecule is C/C(=N/NC(=O)c1ccccc1Br)c1ccc(N)cc1. The van der Waals surface area contributed by atoms with E-state index in [4.69, 9.17) is 5.73 Å². The topological polar surface area (TPSA) is 67.5 Å². The van der Waals surface area contributed by atoms with Gasteiger partial charge in [-0.25, -0.2) is 5.43 Å². The molecule has 0 saturated heterocycles. The molecule has 0 radical (unpaired) electrons. The summed E-state index contributed by atoms with van der Waals surface area (Å²) in [4.78, 5) is 12.0. The van der Waals surface area contributed by atoms with Crippen LogP contribution in [0.5, 0.6) is 0 Å². The maximum Gasteiger partial charge on any atom is 0.272 e. The van der Waals surface area contributed by atoms with E-state index >= 15 is 0 Å². The predicted octanol–water partition coefficient (Wildman–Crippen LogP) is 3.19. The van der Waals surface area contributed by atoms with Crippen LogP contribution in [0.2, 0.25) is 0 Å². The number of amides is 1. The standard InChI is InChI=1S/C15H14BrN3O/c1-10(11-6-8-12(17)9-7-11)18-19-15(20)13-4-2-3-5-14(13)16/h2-9H,17H2,1H3,(H,19,20)/b18-10-. The Morgan fingerprint density at radius 3 is 2.45 bits per heavy atom. The van der Waals surface area contributed by atoms with Crippen molar-refractivity contribution in [1.82, 2.24) is 5.43 Å². The van der Waals surface area contributed by atoms with Gasteiger partial charge in [0.05, 0.1) is 11.3 Å². The Labute approximate surface area is 125 Å². The number of benzene rings is 2. The van der Waals surface area contributed by atoms with Crippen molar-refractivity contribution in [3.8, 4) is 0 Å². The van der Waals surface area contributed by atoms with Crippen molar-refractivity contribution in [2.45, 2.75) is 6.92 Å². The van der Waals surface area contributed by atoms with Crippen molar-refractivity contribution in [2.75, 3.05) is 5.73 Å². The van der Waals surface area contributed by atoms with E-state index in [0.717, 1.165) is 10.0 Å². The van der Waals surface area contributed by atoms with E-state index in [1.165, 1.54) is 0 Å². The third-order valence-electron chi connectivity index (χ3n) is 2.77. The Balaban J connectivity index is 2.11. The van der Waals surface area contributed by atoms with E-state index < -0.39 is 0 Å². The van der Waals surface area contributed by atoms with E-state index in [0.29, 0.717) is 17.0 Å². The summed E-state index contributed by atoms with van der Waals surface area (Å²) < 4.78 is 0.734. The minimum Gasteiger partial charge on any atom is -0.399 e. The molecule has 3 N–H and O–H groups in total. The number of nitrogens with one attached hydrogen (secondary N) is 1. The molecule has 0 aliphatic rings. The van der Waals surface area contributed by atoms with Crippen LogP contribution in [0.15, 0.2) is 58.1 Å². The molecule has 0 fully saturated rings. The highest BCUT2D eigenvalue weighted by Crippen LogP contribution is 2.15. The molecule has 102 valence electrons. The zero-order valence-electron chi connectivity index (χ0n) is 10.9. The quantitative estimate of drug-likeness (QED) is 0.515. The van der Waals surface area contributed by atoms with Gasteiger partial charge in [-0.15, -0.1) is 0 Å². The zero-order chi connectivity index (χ0) is 14.5. The number of rotatable bonds is 3. The number of hydrazone groups is 1. The number of halogens is 1. The van der Waals surface area contributed by atoms with Gasteiger partial charge in [-0.05, 0) is 52.7 Å². The summed E-state index contributed by atoms with van der Waals surface area (Å²) in [5.41, 5.74) is 11.0. The fourth-order valence-corrected chi connectivity index (χ4v) is 2.09. The van der Waals surface area contributed by atoms with Crippen LogP contribution in [0.1, 0.15) is 22.8 Å². The van der Waals surface area contributed by atoms with Gasteiger partial charge < -0.3 is 5.73 Å². The molecule has 0 saturated carbocycles. The van der Waals surface area contributed by atoms with Gasteiger partial charge in [-0.1, -0.05) is 24.3 Å². The molecular weight excluding hydrogens is 318 g/mol. The highest BCUT2D eigenvalue weighted by molar-refractivity contribution is 9.10. The average Bonchev–Trinajstić information content (AvgIpc) is 2.45. The van der Waals surface area contributed by atoms with E-state index in [1.807, 2.05) is 31.2 Å². The van der Waals surface area contributed by atoms with E-state index in [-0.39, 0.29) is 5.91 Å². The summed E-state index contributed by atoms with van der Waals surface area (Å²) in [6, 6.07) is 14.5. The number of hydrogen-bond donors (Lipinski definition) is 2. The van der Waals surface area contributed by atoms with E-state index in [2.05, 4.69) is 26.5 Å². The minimum absolute atomic E-state index is 0.257. The van der Waals surface area contributed by atoms with Gasteiger partial charge in [0.2, 0.25) is 0 Å². The van der Waals surface area contributed by atoms with Gasteiger partial charge in [0.15, 0.2) is 0 Å². The molecule has 0 aromatic heterocycles. The molecule has 0 spiro atoms. The van der Waals surface area contributed by atoms with Gasteiger partial charge in [0.25, 0.3) is 5.91 Å². The first-order valence-corrected chi connectivity index (χ1v) is 6.82. The van der Waals surface area contributed by atoms with Crippen LogP contribution < -0.4 is 11.2 Å². The molecule has 0 atom stereocenters. The van der Waals surface area contributed by atoms with E-state index in [9.17, 15) is 4.79 Å². The van der Waals surface area contributed by atoms with Gasteiger partial charge >= 0.3 is 0 Å². The summed E-state index contributed by atoms with van der Waals surface area (Å²) in [6.45, 7) is 1.83. The van der Waals surface area contributed by atoms with Crippen LogP contribution in [0.25, 0.3) is 0 Å². The predicted molar refractivity (Wildman–Crippen MR) is 84.7 cm³/mol. The van der Waals surface area contributed by atoms with Crippen molar-refractivity contribution in [2.24, 2.45) is 5.10 Å². The molecule has 5 heteroatoms. The summed E-state index contributed by atoms with van der Waals surface area (Å²) in [5.74, 6) is -0.257. The van der Waals surface area contributed by atoms with Crippen LogP contribution in [-0.4, -0.2) is 11.6 Å². The molecule has 2 aromatic rings. The second-order valence-electron chi connectivity index (χ2n) is 4.24. The Hall–Kier alpha value is -2.14. The number of nitrogen functional groups attached to an aromatic ring is 1. The lowest BCUT2D eigenvalue weighted by atomic mass is 10.1. The lowest BCUT2D eigenvalue weighted by molar-refractivity contribution is 0.0954. The van der Waals surface area contributed by atoms with Crippen LogP contribution >= 0.6 is 15.9 Å². The molecule has 4 nitrogen and oxygen atoms in total. The third kappa shape index (κ3) is 3.45. The Morgan fingerprint density at radius 1 is 1.15 bits per heavy atom. The summed E-state index contributed by atoms with van der Waals surface area (Å²) in [7, 11) is 0. The molecule has 0 aliphatic carbocycles.